The van der Waals surface area contributed by atoms with Crippen molar-refractivity contribution in [2.75, 3.05) is 0 Å². The molecule has 2 rings (SSSR count). The first-order chi connectivity index (χ1) is 9.63. The van der Waals surface area contributed by atoms with Crippen LogP contribution in [-0.4, -0.2) is 19.8 Å². The van der Waals surface area contributed by atoms with E-state index in [9.17, 15) is 0 Å². The number of ether oxygens (including phenoxy) is 1. The Labute approximate surface area is 127 Å². The molecule has 0 radical (unpaired) electrons. The largest absolute Gasteiger partial charge is 0.485 e. The van der Waals surface area contributed by atoms with Crippen molar-refractivity contribution in [2.24, 2.45) is 5.73 Å². The Morgan fingerprint density at radius 1 is 1.50 bits per heavy atom. The Bertz CT molecular complexity index is 614. The Balaban J connectivity index is 2.17. The molecule has 0 saturated carbocycles. The van der Waals surface area contributed by atoms with Crippen LogP contribution in [0.25, 0.3) is 0 Å². The fraction of sp³-hybridized carbons (Fsp3) is 0.308. The zero-order valence-corrected chi connectivity index (χ0v) is 12.6. The van der Waals surface area contributed by atoms with Crippen LogP contribution in [0, 0.1) is 0 Å². The molecule has 0 saturated heterocycles. The Kier molecular flexibility index (Phi) is 4.92. The molecule has 0 aliphatic rings. The molecule has 1 aromatic carbocycles. The lowest BCUT2D eigenvalue weighted by Gasteiger charge is -2.12. The average molecular weight is 311 g/mol. The van der Waals surface area contributed by atoms with Crippen LogP contribution in [0.2, 0.25) is 5.02 Å². The van der Waals surface area contributed by atoms with E-state index in [2.05, 4.69) is 17.0 Å². The topological polar surface area (TPSA) is 66.0 Å². The van der Waals surface area contributed by atoms with Gasteiger partial charge in [0.25, 0.3) is 0 Å². The van der Waals surface area contributed by atoms with Crippen molar-refractivity contribution in [1.29, 1.82) is 0 Å². The Morgan fingerprint density at radius 3 is 3.00 bits per heavy atom. The number of aromatic nitrogens is 3. The van der Waals surface area contributed by atoms with Crippen LogP contribution in [-0.2, 0) is 13.2 Å². The lowest BCUT2D eigenvalue weighted by molar-refractivity contribution is 0.285. The summed E-state index contributed by atoms with van der Waals surface area (Å²) in [5.41, 5.74) is 6.22. The highest BCUT2D eigenvalue weighted by Gasteiger charge is 2.12. The zero-order valence-electron chi connectivity index (χ0n) is 11.0. The van der Waals surface area contributed by atoms with E-state index in [4.69, 9.17) is 34.3 Å². The van der Waals surface area contributed by atoms with Crippen LogP contribution in [0.4, 0.5) is 0 Å². The van der Waals surface area contributed by atoms with Gasteiger partial charge in [0.2, 0.25) is 0 Å². The van der Waals surface area contributed by atoms with Crippen LogP contribution in [0.15, 0.2) is 24.5 Å². The monoisotopic (exact) mass is 310 g/mol. The van der Waals surface area contributed by atoms with Gasteiger partial charge in [0.1, 0.15) is 23.7 Å². The second-order valence-electron chi connectivity index (χ2n) is 4.17. The first kappa shape index (κ1) is 14.7. The first-order valence-corrected chi connectivity index (χ1v) is 7.00. The quantitative estimate of drug-likeness (QED) is 0.831. The minimum atomic E-state index is 0.209. The number of nitrogens with two attached hydrogens (primary N) is 1. The van der Waals surface area contributed by atoms with Gasteiger partial charge in [-0.3, -0.25) is 0 Å². The summed E-state index contributed by atoms with van der Waals surface area (Å²) in [5, 5.41) is 4.62. The molecular weight excluding hydrogens is 296 g/mol. The van der Waals surface area contributed by atoms with Gasteiger partial charge in [0.15, 0.2) is 5.82 Å². The molecule has 0 atom stereocenters. The highest BCUT2D eigenvalue weighted by molar-refractivity contribution is 7.80. The van der Waals surface area contributed by atoms with Gasteiger partial charge in [-0.15, -0.1) is 0 Å². The smallest absolute Gasteiger partial charge is 0.164 e. The van der Waals surface area contributed by atoms with Gasteiger partial charge >= 0.3 is 0 Å². The SMILES string of the molecule is CCCn1ncnc1COc1cccc(Cl)c1C(N)=S. The average Bonchev–Trinajstić information content (AvgIpc) is 2.84. The maximum atomic E-state index is 6.09. The molecule has 2 aromatic rings. The molecule has 5 nitrogen and oxygen atoms in total. The van der Waals surface area contributed by atoms with Gasteiger partial charge < -0.3 is 10.5 Å². The molecule has 2 N–H and O–H groups in total. The normalized spacial score (nSPS) is 10.5. The Morgan fingerprint density at radius 2 is 2.30 bits per heavy atom. The molecule has 0 aliphatic heterocycles. The number of aryl methyl sites for hydroxylation is 1. The van der Waals surface area contributed by atoms with Crippen molar-refractivity contribution in [3.63, 3.8) is 0 Å². The lowest BCUT2D eigenvalue weighted by Crippen LogP contribution is -2.14. The summed E-state index contributed by atoms with van der Waals surface area (Å²) in [6.45, 7) is 3.17. The molecule has 7 heteroatoms. The number of hydrogen-bond donors (Lipinski definition) is 1. The summed E-state index contributed by atoms with van der Waals surface area (Å²) < 4.78 is 7.55. The second-order valence-corrected chi connectivity index (χ2v) is 5.01. The van der Waals surface area contributed by atoms with Crippen molar-refractivity contribution in [1.82, 2.24) is 14.8 Å². The van der Waals surface area contributed by atoms with Crippen molar-refractivity contribution in [2.45, 2.75) is 26.5 Å². The third-order valence-corrected chi connectivity index (χ3v) is 3.23. The number of rotatable bonds is 6. The van der Waals surface area contributed by atoms with Crippen molar-refractivity contribution in [3.8, 4) is 5.75 Å². The molecule has 1 heterocycles. The van der Waals surface area contributed by atoms with Crippen LogP contribution in [0.1, 0.15) is 24.7 Å². The number of hydrogen-bond acceptors (Lipinski definition) is 4. The van der Waals surface area contributed by atoms with Gasteiger partial charge in [-0.25, -0.2) is 9.67 Å². The van der Waals surface area contributed by atoms with E-state index in [-0.39, 0.29) is 11.6 Å². The van der Waals surface area contributed by atoms with E-state index < -0.39 is 0 Å². The predicted molar refractivity (Wildman–Crippen MR) is 82.0 cm³/mol. The number of benzene rings is 1. The second kappa shape index (κ2) is 6.67. The van der Waals surface area contributed by atoms with Crippen LogP contribution >= 0.6 is 23.8 Å². The third-order valence-electron chi connectivity index (χ3n) is 2.71. The predicted octanol–water partition coefficient (Wildman–Crippen LogP) is 2.55. The molecule has 0 bridgehead atoms. The molecule has 20 heavy (non-hydrogen) atoms. The van der Waals surface area contributed by atoms with Gasteiger partial charge in [-0.1, -0.05) is 36.8 Å². The van der Waals surface area contributed by atoms with Crippen molar-refractivity contribution in [3.05, 3.63) is 40.9 Å². The minimum absolute atomic E-state index is 0.209. The number of nitrogens with zero attached hydrogens (tertiary/aromatic N) is 3. The molecule has 0 fully saturated rings. The van der Waals surface area contributed by atoms with E-state index in [1.807, 2.05) is 4.68 Å². The van der Waals surface area contributed by atoms with Gasteiger partial charge in [0.05, 0.1) is 10.6 Å². The molecule has 0 aliphatic carbocycles. The molecular formula is C13H15ClN4OS. The fourth-order valence-corrected chi connectivity index (χ4v) is 2.34. The Hall–Kier alpha value is -1.66. The fourth-order valence-electron chi connectivity index (χ4n) is 1.80. The van der Waals surface area contributed by atoms with Crippen LogP contribution in [0.3, 0.4) is 0 Å². The summed E-state index contributed by atoms with van der Waals surface area (Å²) in [6.07, 6.45) is 2.49. The highest BCUT2D eigenvalue weighted by Crippen LogP contribution is 2.26. The summed E-state index contributed by atoms with van der Waals surface area (Å²) in [6, 6.07) is 5.29. The molecule has 106 valence electrons. The minimum Gasteiger partial charge on any atom is -0.485 e. The standard InChI is InChI=1S/C13H15ClN4OS/c1-2-6-18-11(16-8-17-18)7-19-10-5-3-4-9(14)12(10)13(15)20/h3-5,8H,2,6-7H2,1H3,(H2,15,20). The van der Waals surface area contributed by atoms with E-state index >= 15 is 0 Å². The van der Waals surface area contributed by atoms with Crippen molar-refractivity contribution >= 4 is 28.8 Å². The zero-order chi connectivity index (χ0) is 14.5. The first-order valence-electron chi connectivity index (χ1n) is 6.21. The number of halogens is 1. The van der Waals surface area contributed by atoms with E-state index in [0.29, 0.717) is 16.3 Å². The molecule has 0 spiro atoms. The third kappa shape index (κ3) is 3.26. The highest BCUT2D eigenvalue weighted by atomic mass is 35.5. The maximum Gasteiger partial charge on any atom is 0.164 e. The van der Waals surface area contributed by atoms with Gasteiger partial charge in [0, 0.05) is 6.54 Å². The van der Waals surface area contributed by atoms with E-state index in [1.54, 1.807) is 18.2 Å². The van der Waals surface area contributed by atoms with Gasteiger partial charge in [-0.05, 0) is 18.6 Å². The summed E-state index contributed by atoms with van der Waals surface area (Å²) in [5.74, 6) is 1.30. The maximum absolute atomic E-state index is 6.09. The molecule has 0 amide bonds. The summed E-state index contributed by atoms with van der Waals surface area (Å²) in [4.78, 5) is 4.39. The molecule has 1 aromatic heterocycles. The van der Waals surface area contributed by atoms with Gasteiger partial charge in [-0.2, -0.15) is 5.10 Å². The van der Waals surface area contributed by atoms with Crippen molar-refractivity contribution < 1.29 is 4.74 Å². The number of thiocarbonyl (C=S) groups is 1. The van der Waals surface area contributed by atoms with Crippen LogP contribution in [0.5, 0.6) is 5.75 Å². The van der Waals surface area contributed by atoms with E-state index in [0.717, 1.165) is 18.8 Å². The lowest BCUT2D eigenvalue weighted by atomic mass is 10.2. The summed E-state index contributed by atoms with van der Waals surface area (Å²) in [7, 11) is 0. The summed E-state index contributed by atoms with van der Waals surface area (Å²) >= 11 is 11.1. The van der Waals surface area contributed by atoms with E-state index in [1.165, 1.54) is 6.33 Å². The van der Waals surface area contributed by atoms with Crippen LogP contribution < -0.4 is 10.5 Å². The molecule has 0 unspecified atom stereocenters.